The van der Waals surface area contributed by atoms with Gasteiger partial charge in [-0.3, -0.25) is 14.2 Å². The number of aryl methyl sites for hydroxylation is 1. The minimum atomic E-state index is -0.531. The molecule has 10 nitrogen and oxygen atoms in total. The molecule has 0 aliphatic carbocycles. The number of methoxy groups -OCH3 is 2. The number of anilines is 1. The highest BCUT2D eigenvalue weighted by Gasteiger charge is 2.14. The van der Waals surface area contributed by atoms with Gasteiger partial charge in [0.05, 0.1) is 38.1 Å². The molecule has 0 atom stereocenters. The Morgan fingerprint density at radius 3 is 2.65 bits per heavy atom. The van der Waals surface area contributed by atoms with Gasteiger partial charge in [-0.2, -0.15) is 0 Å². The summed E-state index contributed by atoms with van der Waals surface area (Å²) in [5, 5.41) is 4.89. The monoisotopic (exact) mass is 446 g/mol. The number of rotatable bonds is 9. The van der Waals surface area contributed by atoms with Crippen molar-refractivity contribution in [3.63, 3.8) is 0 Å². The second-order valence-electron chi connectivity index (χ2n) is 6.38. The van der Waals surface area contributed by atoms with Crippen molar-refractivity contribution in [3.05, 3.63) is 39.9 Å². The Hall–Kier alpha value is -3.47. The summed E-state index contributed by atoms with van der Waals surface area (Å²) < 4.78 is 16.8. The highest BCUT2D eigenvalue weighted by molar-refractivity contribution is 7.14. The van der Waals surface area contributed by atoms with Crippen LogP contribution in [0.25, 0.3) is 10.9 Å². The van der Waals surface area contributed by atoms with E-state index in [0.717, 1.165) is 11.3 Å². The molecule has 0 radical (unpaired) electrons. The molecule has 1 N–H and O–H groups in total. The molecule has 0 fully saturated rings. The maximum absolute atomic E-state index is 12.8. The summed E-state index contributed by atoms with van der Waals surface area (Å²) >= 11 is 1.14. The van der Waals surface area contributed by atoms with Crippen LogP contribution in [0.3, 0.4) is 0 Å². The van der Waals surface area contributed by atoms with Crippen LogP contribution < -0.4 is 20.3 Å². The number of hydrogen-bond donors (Lipinski definition) is 1. The number of hydrogen-bond acceptors (Lipinski definition) is 9. The molecule has 0 bridgehead atoms. The summed E-state index contributed by atoms with van der Waals surface area (Å²) in [5.74, 6) is 0.135. The number of ether oxygens (including phenoxy) is 3. The number of benzene rings is 1. The predicted octanol–water partition coefficient (Wildman–Crippen LogP) is 2.47. The molecular weight excluding hydrogens is 424 g/mol. The lowest BCUT2D eigenvalue weighted by Gasteiger charge is -2.10. The van der Waals surface area contributed by atoms with Crippen molar-refractivity contribution >= 4 is 39.2 Å². The molecule has 1 aromatic carbocycles. The first kappa shape index (κ1) is 22.2. The van der Waals surface area contributed by atoms with Crippen LogP contribution in [0.15, 0.2) is 28.6 Å². The van der Waals surface area contributed by atoms with E-state index in [-0.39, 0.29) is 30.2 Å². The lowest BCUT2D eigenvalue weighted by Crippen LogP contribution is -2.22. The Kier molecular flexibility index (Phi) is 7.19. The van der Waals surface area contributed by atoms with Gasteiger partial charge in [-0.05, 0) is 19.4 Å². The van der Waals surface area contributed by atoms with E-state index in [1.807, 2.05) is 0 Å². The van der Waals surface area contributed by atoms with Crippen molar-refractivity contribution in [2.24, 2.45) is 0 Å². The van der Waals surface area contributed by atoms with E-state index in [9.17, 15) is 14.4 Å². The Labute approximate surface area is 181 Å². The van der Waals surface area contributed by atoms with Gasteiger partial charge >= 0.3 is 5.97 Å². The molecule has 0 saturated carbocycles. The molecule has 3 aromatic rings. The summed E-state index contributed by atoms with van der Waals surface area (Å²) in [6.45, 7) is 2.27. The lowest BCUT2D eigenvalue weighted by molar-refractivity contribution is -0.116. The van der Waals surface area contributed by atoms with Crippen LogP contribution >= 0.6 is 11.3 Å². The standard InChI is InChI=1S/C20H22N4O6S/c1-4-30-19(27)14-10-31-20(22-14)23-17(25)6-5-7-24-11-21-13-9-16(29-3)15(28-2)8-12(13)18(24)26/h8-11H,4-7H2,1-3H3,(H,22,23,25). The SMILES string of the molecule is CCOC(=O)c1csc(NC(=O)CCCn2cnc3cc(OC)c(OC)cc3c2=O)n1. The average Bonchev–Trinajstić information content (AvgIpc) is 3.23. The number of amides is 1. The number of nitrogens with zero attached hydrogens (tertiary/aromatic N) is 3. The Morgan fingerprint density at radius 1 is 1.19 bits per heavy atom. The fourth-order valence-corrected chi connectivity index (χ4v) is 3.56. The predicted molar refractivity (Wildman–Crippen MR) is 115 cm³/mol. The van der Waals surface area contributed by atoms with Crippen LogP contribution in [0, 0.1) is 0 Å². The molecule has 3 rings (SSSR count). The second kappa shape index (κ2) is 10.0. The van der Waals surface area contributed by atoms with Crippen molar-refractivity contribution in [2.75, 3.05) is 26.1 Å². The molecule has 0 saturated heterocycles. The molecule has 0 aliphatic heterocycles. The first-order valence-corrected chi connectivity index (χ1v) is 10.4. The lowest BCUT2D eigenvalue weighted by atomic mass is 10.2. The summed E-state index contributed by atoms with van der Waals surface area (Å²) in [4.78, 5) is 44.9. The van der Waals surface area contributed by atoms with Crippen LogP contribution in [-0.4, -0.2) is 47.2 Å². The van der Waals surface area contributed by atoms with Crippen LogP contribution in [0.4, 0.5) is 5.13 Å². The van der Waals surface area contributed by atoms with Crippen molar-refractivity contribution in [1.29, 1.82) is 0 Å². The second-order valence-corrected chi connectivity index (χ2v) is 7.24. The van der Waals surface area contributed by atoms with Gasteiger partial charge in [-0.25, -0.2) is 14.8 Å². The summed E-state index contributed by atoms with van der Waals surface area (Å²) in [6.07, 6.45) is 2.04. The molecule has 2 heterocycles. The molecule has 11 heteroatoms. The van der Waals surface area contributed by atoms with E-state index in [1.54, 1.807) is 19.1 Å². The van der Waals surface area contributed by atoms with Gasteiger partial charge in [0.1, 0.15) is 0 Å². The molecule has 0 unspecified atom stereocenters. The third kappa shape index (κ3) is 5.18. The van der Waals surface area contributed by atoms with Gasteiger partial charge in [0.25, 0.3) is 5.56 Å². The van der Waals surface area contributed by atoms with E-state index >= 15 is 0 Å². The van der Waals surface area contributed by atoms with Crippen molar-refractivity contribution < 1.29 is 23.8 Å². The minimum Gasteiger partial charge on any atom is -0.493 e. The normalized spacial score (nSPS) is 10.7. The van der Waals surface area contributed by atoms with E-state index in [2.05, 4.69) is 15.3 Å². The summed E-state index contributed by atoms with van der Waals surface area (Å²) in [7, 11) is 3.01. The molecule has 2 aromatic heterocycles. The topological polar surface area (TPSA) is 122 Å². The Bertz CT molecular complexity index is 1160. The fraction of sp³-hybridized carbons (Fsp3) is 0.350. The van der Waals surface area contributed by atoms with Crippen LogP contribution in [0.5, 0.6) is 11.5 Å². The van der Waals surface area contributed by atoms with Gasteiger partial charge in [-0.15, -0.1) is 11.3 Å². The van der Waals surface area contributed by atoms with E-state index in [4.69, 9.17) is 14.2 Å². The van der Waals surface area contributed by atoms with Gasteiger partial charge in [0.2, 0.25) is 5.91 Å². The van der Waals surface area contributed by atoms with Crippen molar-refractivity contribution in [2.45, 2.75) is 26.3 Å². The third-order valence-corrected chi connectivity index (χ3v) is 5.13. The molecule has 0 aliphatic rings. The summed E-state index contributed by atoms with van der Waals surface area (Å²) in [5.41, 5.74) is 0.422. The minimum absolute atomic E-state index is 0.156. The highest BCUT2D eigenvalue weighted by Crippen LogP contribution is 2.29. The number of aromatic nitrogens is 3. The molecule has 31 heavy (non-hydrogen) atoms. The number of carbonyl (C=O) groups is 2. The first-order chi connectivity index (χ1) is 15.0. The van der Waals surface area contributed by atoms with Crippen LogP contribution in [0.2, 0.25) is 0 Å². The van der Waals surface area contributed by atoms with Gasteiger partial charge < -0.3 is 19.5 Å². The fourth-order valence-electron chi connectivity index (χ4n) is 2.87. The number of nitrogens with one attached hydrogen (secondary N) is 1. The largest absolute Gasteiger partial charge is 0.493 e. The van der Waals surface area contributed by atoms with E-state index in [1.165, 1.54) is 30.5 Å². The summed E-state index contributed by atoms with van der Waals surface area (Å²) in [6, 6.07) is 3.24. The Morgan fingerprint density at radius 2 is 1.94 bits per heavy atom. The Balaban J connectivity index is 1.61. The van der Waals surface area contributed by atoms with Gasteiger partial charge in [0, 0.05) is 24.4 Å². The molecular formula is C20H22N4O6S. The first-order valence-electron chi connectivity index (χ1n) is 9.50. The smallest absolute Gasteiger partial charge is 0.357 e. The van der Waals surface area contributed by atoms with Crippen molar-refractivity contribution in [3.8, 4) is 11.5 Å². The number of carbonyl (C=O) groups excluding carboxylic acids is 2. The zero-order valence-corrected chi connectivity index (χ0v) is 18.2. The molecule has 1 amide bonds. The number of esters is 1. The zero-order valence-electron chi connectivity index (χ0n) is 17.3. The number of thiazole rings is 1. The zero-order chi connectivity index (χ0) is 22.4. The highest BCUT2D eigenvalue weighted by atomic mass is 32.1. The maximum Gasteiger partial charge on any atom is 0.357 e. The van der Waals surface area contributed by atoms with Gasteiger partial charge in [0.15, 0.2) is 22.3 Å². The average molecular weight is 446 g/mol. The van der Waals surface area contributed by atoms with Crippen LogP contribution in [0.1, 0.15) is 30.3 Å². The molecule has 164 valence electrons. The van der Waals surface area contributed by atoms with Gasteiger partial charge in [-0.1, -0.05) is 0 Å². The maximum atomic E-state index is 12.8. The van der Waals surface area contributed by atoms with E-state index in [0.29, 0.717) is 40.5 Å². The van der Waals surface area contributed by atoms with E-state index < -0.39 is 5.97 Å². The van der Waals surface area contributed by atoms with Crippen molar-refractivity contribution in [1.82, 2.24) is 14.5 Å². The van der Waals surface area contributed by atoms with Crippen LogP contribution in [-0.2, 0) is 16.1 Å². The quantitative estimate of drug-likeness (QED) is 0.498. The third-order valence-electron chi connectivity index (χ3n) is 4.37. The number of fused-ring (bicyclic) bond motifs is 1. The molecule has 0 spiro atoms.